The average molecular weight is 411 g/mol. The van der Waals surface area contributed by atoms with Crippen LogP contribution in [0, 0.1) is 6.92 Å². The Kier molecular flexibility index (Phi) is 4.69. The normalized spacial score (nSPS) is 18.4. The van der Waals surface area contributed by atoms with Crippen LogP contribution in [0.3, 0.4) is 0 Å². The summed E-state index contributed by atoms with van der Waals surface area (Å²) in [5, 5.41) is 4.08. The van der Waals surface area contributed by atoms with Crippen molar-refractivity contribution in [3.63, 3.8) is 0 Å². The molecule has 5 rings (SSSR count). The third-order valence-corrected chi connectivity index (χ3v) is 6.46. The van der Waals surface area contributed by atoms with Crippen molar-refractivity contribution in [1.82, 2.24) is 15.0 Å². The summed E-state index contributed by atoms with van der Waals surface area (Å²) in [6, 6.07) is 11.6. The second kappa shape index (κ2) is 7.37. The summed E-state index contributed by atoms with van der Waals surface area (Å²) in [6.07, 6.45) is 1.42. The lowest BCUT2D eigenvalue weighted by molar-refractivity contribution is -0.181. The van der Waals surface area contributed by atoms with Crippen LogP contribution in [-0.4, -0.2) is 53.0 Å². The molecule has 4 heterocycles. The molecule has 0 atom stereocenters. The predicted molar refractivity (Wildman–Crippen MR) is 108 cm³/mol. The summed E-state index contributed by atoms with van der Waals surface area (Å²) >= 11 is 1.38. The number of thiophene rings is 1. The zero-order valence-electron chi connectivity index (χ0n) is 16.1. The first-order valence-corrected chi connectivity index (χ1v) is 10.5. The highest BCUT2D eigenvalue weighted by atomic mass is 32.1. The highest BCUT2D eigenvalue weighted by Crippen LogP contribution is 2.33. The Bertz CT molecular complexity index is 1010. The summed E-state index contributed by atoms with van der Waals surface area (Å²) in [5.41, 5.74) is 2.05. The third-order valence-electron chi connectivity index (χ3n) is 5.39. The molecule has 0 radical (unpaired) electrons. The number of rotatable bonds is 3. The van der Waals surface area contributed by atoms with E-state index in [1.165, 1.54) is 16.9 Å². The van der Waals surface area contributed by atoms with E-state index in [4.69, 9.17) is 14.0 Å². The highest BCUT2D eigenvalue weighted by molar-refractivity contribution is 7.17. The van der Waals surface area contributed by atoms with E-state index in [1.807, 2.05) is 48.2 Å². The maximum atomic E-state index is 12.9. The monoisotopic (exact) mass is 411 g/mol. The van der Waals surface area contributed by atoms with Gasteiger partial charge in [0.2, 0.25) is 5.82 Å². The summed E-state index contributed by atoms with van der Waals surface area (Å²) in [5.74, 6) is 0.513. The summed E-state index contributed by atoms with van der Waals surface area (Å²) in [4.78, 5) is 20.7. The van der Waals surface area contributed by atoms with Gasteiger partial charge >= 0.3 is 0 Å². The lowest BCUT2D eigenvalue weighted by atomic mass is 10.0. The molecule has 0 unspecified atom stereocenters. The van der Waals surface area contributed by atoms with Crippen LogP contribution in [0.1, 0.15) is 28.1 Å². The Hall–Kier alpha value is -2.55. The Morgan fingerprint density at radius 2 is 1.79 bits per heavy atom. The van der Waals surface area contributed by atoms with E-state index in [2.05, 4.69) is 10.1 Å². The maximum Gasteiger partial charge on any atom is 0.263 e. The van der Waals surface area contributed by atoms with Crippen molar-refractivity contribution in [2.75, 3.05) is 26.3 Å². The molecular weight excluding hydrogens is 390 g/mol. The topological polar surface area (TPSA) is 77.7 Å². The van der Waals surface area contributed by atoms with Gasteiger partial charge in [-0.2, -0.15) is 4.98 Å². The molecule has 1 amide bonds. The number of aryl methyl sites for hydroxylation is 1. The van der Waals surface area contributed by atoms with E-state index >= 15 is 0 Å². The second-order valence-corrected chi connectivity index (χ2v) is 8.44. The van der Waals surface area contributed by atoms with Crippen LogP contribution in [-0.2, 0) is 9.47 Å². The molecule has 0 saturated carbocycles. The molecule has 1 aromatic carbocycles. The number of carbonyl (C=O) groups is 1. The minimum Gasteiger partial charge on any atom is -0.347 e. The van der Waals surface area contributed by atoms with Crippen molar-refractivity contribution >= 4 is 17.2 Å². The van der Waals surface area contributed by atoms with Crippen LogP contribution in [0.2, 0.25) is 0 Å². The van der Waals surface area contributed by atoms with Crippen LogP contribution in [0.25, 0.3) is 22.2 Å². The quantitative estimate of drug-likeness (QED) is 0.653. The SMILES string of the molecule is Cc1ccc(-c2nc(-c3ccc(C(=O)N4CCC5(CC4)OCCO5)s3)no2)cc1. The smallest absolute Gasteiger partial charge is 0.263 e. The van der Waals surface area contributed by atoms with Crippen LogP contribution in [0.15, 0.2) is 40.9 Å². The Morgan fingerprint density at radius 3 is 2.52 bits per heavy atom. The number of piperidine rings is 1. The fraction of sp³-hybridized carbons (Fsp3) is 0.381. The number of ether oxygens (including phenoxy) is 2. The predicted octanol–water partition coefficient (Wildman–Crippen LogP) is 3.75. The molecule has 7 nitrogen and oxygen atoms in total. The lowest BCUT2D eigenvalue weighted by Gasteiger charge is -2.37. The number of benzene rings is 1. The summed E-state index contributed by atoms with van der Waals surface area (Å²) in [7, 11) is 0. The first-order chi connectivity index (χ1) is 14.1. The Morgan fingerprint density at radius 1 is 1.07 bits per heavy atom. The molecule has 8 heteroatoms. The fourth-order valence-corrected chi connectivity index (χ4v) is 4.60. The fourth-order valence-electron chi connectivity index (χ4n) is 3.70. The van der Waals surface area contributed by atoms with E-state index in [9.17, 15) is 4.79 Å². The van der Waals surface area contributed by atoms with Gasteiger partial charge < -0.3 is 18.9 Å². The van der Waals surface area contributed by atoms with Gasteiger partial charge in [-0.25, -0.2) is 0 Å². The minimum atomic E-state index is -0.478. The Labute approximate surface area is 172 Å². The molecule has 2 saturated heterocycles. The van der Waals surface area contributed by atoms with Crippen molar-refractivity contribution in [2.24, 2.45) is 0 Å². The number of hydrogen-bond acceptors (Lipinski definition) is 7. The lowest BCUT2D eigenvalue weighted by Crippen LogP contribution is -2.47. The summed E-state index contributed by atoms with van der Waals surface area (Å²) < 4.78 is 16.9. The van der Waals surface area contributed by atoms with Gasteiger partial charge in [-0.1, -0.05) is 22.9 Å². The van der Waals surface area contributed by atoms with Crippen LogP contribution < -0.4 is 0 Å². The van der Waals surface area contributed by atoms with Gasteiger partial charge in [0, 0.05) is 31.5 Å². The maximum absolute atomic E-state index is 12.9. The molecule has 2 fully saturated rings. The molecule has 0 aliphatic carbocycles. The largest absolute Gasteiger partial charge is 0.347 e. The van der Waals surface area contributed by atoms with Gasteiger partial charge in [0.05, 0.1) is 23.0 Å². The molecule has 150 valence electrons. The zero-order chi connectivity index (χ0) is 19.8. The molecule has 0 N–H and O–H groups in total. The number of hydrogen-bond donors (Lipinski definition) is 0. The molecule has 1 spiro atoms. The molecular formula is C21H21N3O4S. The van der Waals surface area contributed by atoms with Crippen molar-refractivity contribution < 1.29 is 18.8 Å². The Balaban J connectivity index is 1.28. The molecule has 3 aromatic rings. The average Bonchev–Trinajstić information content (AvgIpc) is 3.49. The van der Waals surface area contributed by atoms with Gasteiger partial charge in [0.15, 0.2) is 5.79 Å². The van der Waals surface area contributed by atoms with Gasteiger partial charge in [-0.3, -0.25) is 4.79 Å². The van der Waals surface area contributed by atoms with Crippen LogP contribution in [0.5, 0.6) is 0 Å². The number of amides is 1. The number of carbonyl (C=O) groups excluding carboxylic acids is 1. The van der Waals surface area contributed by atoms with Gasteiger partial charge in [0.25, 0.3) is 11.8 Å². The van der Waals surface area contributed by atoms with E-state index in [-0.39, 0.29) is 5.91 Å². The third kappa shape index (κ3) is 3.59. The molecule has 0 bridgehead atoms. The van der Waals surface area contributed by atoms with E-state index in [0.717, 1.165) is 10.4 Å². The van der Waals surface area contributed by atoms with Gasteiger partial charge in [-0.05, 0) is 31.2 Å². The van der Waals surface area contributed by atoms with E-state index < -0.39 is 5.79 Å². The second-order valence-electron chi connectivity index (χ2n) is 7.35. The molecule has 2 aliphatic heterocycles. The van der Waals surface area contributed by atoms with Crippen molar-refractivity contribution in [3.8, 4) is 22.2 Å². The molecule has 2 aromatic heterocycles. The minimum absolute atomic E-state index is 0.0244. The van der Waals surface area contributed by atoms with Gasteiger partial charge in [0.1, 0.15) is 0 Å². The number of likely N-dealkylation sites (tertiary alicyclic amines) is 1. The first kappa shape index (κ1) is 18.5. The first-order valence-electron chi connectivity index (χ1n) is 9.70. The highest BCUT2D eigenvalue weighted by Gasteiger charge is 2.41. The molecule has 2 aliphatic rings. The van der Waals surface area contributed by atoms with E-state index in [1.54, 1.807) is 0 Å². The van der Waals surface area contributed by atoms with E-state index in [0.29, 0.717) is 55.7 Å². The standard InChI is InChI=1S/C21H21N3O4S/c1-14-2-4-15(5-3-14)19-22-18(23-28-19)16-6-7-17(29-16)20(25)24-10-8-21(9-11-24)26-12-13-27-21/h2-7H,8-13H2,1H3. The van der Waals surface area contributed by atoms with Crippen molar-refractivity contribution in [2.45, 2.75) is 25.6 Å². The van der Waals surface area contributed by atoms with Crippen molar-refractivity contribution in [3.05, 3.63) is 46.8 Å². The number of aromatic nitrogens is 2. The van der Waals surface area contributed by atoms with Crippen molar-refractivity contribution in [1.29, 1.82) is 0 Å². The molecule has 29 heavy (non-hydrogen) atoms. The zero-order valence-corrected chi connectivity index (χ0v) is 16.9. The summed E-state index contributed by atoms with van der Waals surface area (Å²) in [6.45, 7) is 4.57. The number of nitrogens with zero attached hydrogens (tertiary/aromatic N) is 3. The van der Waals surface area contributed by atoms with Gasteiger partial charge in [-0.15, -0.1) is 11.3 Å². The van der Waals surface area contributed by atoms with Crippen LogP contribution in [0.4, 0.5) is 0 Å². The van der Waals surface area contributed by atoms with Crippen LogP contribution >= 0.6 is 11.3 Å².